The van der Waals surface area contributed by atoms with Gasteiger partial charge in [0.25, 0.3) is 5.91 Å². The van der Waals surface area contributed by atoms with Gasteiger partial charge in [0.05, 0.1) is 11.8 Å². The number of nitrogens with zero attached hydrogens (tertiary/aromatic N) is 1. The zero-order valence-electron chi connectivity index (χ0n) is 15.5. The summed E-state index contributed by atoms with van der Waals surface area (Å²) >= 11 is 0. The number of ether oxygens (including phenoxy) is 1. The van der Waals surface area contributed by atoms with Gasteiger partial charge in [-0.05, 0) is 74.4 Å². The highest BCUT2D eigenvalue weighted by Gasteiger charge is 2.16. The molecular weight excluding hydrogens is 324 g/mol. The second-order valence-electron chi connectivity index (χ2n) is 6.74. The number of nitrogens with one attached hydrogen (secondary N) is 1. The van der Waals surface area contributed by atoms with Crippen molar-refractivity contribution in [2.45, 2.75) is 52.1 Å². The molecule has 1 saturated carbocycles. The van der Waals surface area contributed by atoms with E-state index in [0.717, 1.165) is 36.3 Å². The lowest BCUT2D eigenvalue weighted by molar-refractivity contribution is 0.0955. The van der Waals surface area contributed by atoms with E-state index in [1.165, 1.54) is 18.4 Å². The van der Waals surface area contributed by atoms with Crippen molar-refractivity contribution in [2.75, 3.05) is 0 Å². The zero-order chi connectivity index (χ0) is 18.4. The Bertz CT molecular complexity index is 758. The van der Waals surface area contributed by atoms with Gasteiger partial charge in [-0.15, -0.1) is 0 Å². The normalized spacial score (nSPS) is 15.1. The Balaban J connectivity index is 1.58. The number of hydrogen-bond acceptors (Lipinski definition) is 3. The molecule has 0 atom stereocenters. The van der Waals surface area contributed by atoms with Crippen molar-refractivity contribution in [2.24, 2.45) is 5.10 Å². The third-order valence-electron chi connectivity index (χ3n) is 4.83. The molecule has 0 heterocycles. The van der Waals surface area contributed by atoms with E-state index in [-0.39, 0.29) is 5.91 Å². The highest BCUT2D eigenvalue weighted by Crippen LogP contribution is 2.24. The summed E-state index contributed by atoms with van der Waals surface area (Å²) < 4.78 is 5.93. The van der Waals surface area contributed by atoms with E-state index in [1.54, 1.807) is 12.1 Å². The molecule has 0 spiro atoms. The molecule has 0 unspecified atom stereocenters. The number of carbonyl (C=O) groups excluding carboxylic acids is 1. The van der Waals surface area contributed by atoms with Gasteiger partial charge in [-0.1, -0.05) is 31.2 Å². The highest BCUT2D eigenvalue weighted by molar-refractivity contribution is 6.00. The molecule has 2 aromatic rings. The van der Waals surface area contributed by atoms with Gasteiger partial charge in [-0.25, -0.2) is 5.43 Å². The molecule has 1 aliphatic carbocycles. The average Bonchev–Trinajstić information content (AvgIpc) is 3.19. The van der Waals surface area contributed by atoms with Crippen LogP contribution in [0.2, 0.25) is 0 Å². The Morgan fingerprint density at radius 3 is 2.27 bits per heavy atom. The van der Waals surface area contributed by atoms with E-state index in [9.17, 15) is 4.79 Å². The Hall–Kier alpha value is -2.62. The first kappa shape index (κ1) is 18.2. The van der Waals surface area contributed by atoms with Gasteiger partial charge in [0.1, 0.15) is 5.75 Å². The molecule has 0 saturated heterocycles. The van der Waals surface area contributed by atoms with Gasteiger partial charge in [0.2, 0.25) is 0 Å². The van der Waals surface area contributed by atoms with E-state index >= 15 is 0 Å². The second kappa shape index (κ2) is 8.65. The monoisotopic (exact) mass is 350 g/mol. The molecule has 26 heavy (non-hydrogen) atoms. The van der Waals surface area contributed by atoms with Gasteiger partial charge in [-0.3, -0.25) is 4.79 Å². The number of hydrazone groups is 1. The fourth-order valence-electron chi connectivity index (χ4n) is 3.13. The van der Waals surface area contributed by atoms with Crippen LogP contribution in [0.5, 0.6) is 5.75 Å². The molecule has 0 radical (unpaired) electrons. The van der Waals surface area contributed by atoms with Crippen LogP contribution in [-0.4, -0.2) is 17.7 Å². The molecule has 0 aliphatic heterocycles. The van der Waals surface area contributed by atoms with Crippen molar-refractivity contribution in [3.63, 3.8) is 0 Å². The quantitative estimate of drug-likeness (QED) is 0.605. The van der Waals surface area contributed by atoms with Crippen molar-refractivity contribution < 1.29 is 9.53 Å². The first-order chi connectivity index (χ1) is 12.7. The number of rotatable bonds is 6. The van der Waals surface area contributed by atoms with Crippen LogP contribution in [-0.2, 0) is 6.42 Å². The zero-order valence-corrected chi connectivity index (χ0v) is 15.5. The van der Waals surface area contributed by atoms with E-state index in [0.29, 0.717) is 11.7 Å². The lowest BCUT2D eigenvalue weighted by Gasteiger charge is -2.13. The van der Waals surface area contributed by atoms with Crippen LogP contribution in [0.3, 0.4) is 0 Å². The van der Waals surface area contributed by atoms with Gasteiger partial charge in [-0.2, -0.15) is 5.10 Å². The maximum Gasteiger partial charge on any atom is 0.271 e. The summed E-state index contributed by atoms with van der Waals surface area (Å²) in [6.45, 7) is 4.01. The van der Waals surface area contributed by atoms with Crippen LogP contribution < -0.4 is 10.2 Å². The van der Waals surface area contributed by atoms with Crippen LogP contribution in [0.25, 0.3) is 0 Å². The molecule has 3 rings (SSSR count). The van der Waals surface area contributed by atoms with Crippen molar-refractivity contribution >= 4 is 11.6 Å². The van der Waals surface area contributed by atoms with Crippen molar-refractivity contribution in [1.29, 1.82) is 0 Å². The SMILES string of the molecule is CCc1ccc(/C(C)=N\NC(=O)c2ccc(OC3CCCC3)cc2)cc1. The van der Waals surface area contributed by atoms with E-state index in [1.807, 2.05) is 31.2 Å². The molecular formula is C22H26N2O2. The van der Waals surface area contributed by atoms with Crippen LogP contribution in [0.1, 0.15) is 61.0 Å². The Kier molecular flexibility index (Phi) is 6.05. The topological polar surface area (TPSA) is 50.7 Å². The lowest BCUT2D eigenvalue weighted by Crippen LogP contribution is -2.19. The summed E-state index contributed by atoms with van der Waals surface area (Å²) in [4.78, 5) is 12.3. The minimum Gasteiger partial charge on any atom is -0.490 e. The number of carbonyl (C=O) groups is 1. The minimum atomic E-state index is -0.220. The highest BCUT2D eigenvalue weighted by atomic mass is 16.5. The Morgan fingerprint density at radius 2 is 1.65 bits per heavy atom. The van der Waals surface area contributed by atoms with Crippen molar-refractivity contribution in [1.82, 2.24) is 5.43 Å². The first-order valence-electron chi connectivity index (χ1n) is 9.36. The Morgan fingerprint density at radius 1 is 1.04 bits per heavy atom. The smallest absolute Gasteiger partial charge is 0.271 e. The molecule has 1 N–H and O–H groups in total. The number of amides is 1. The standard InChI is InChI=1S/C22H26N2O2/c1-3-17-8-10-18(11-9-17)16(2)23-24-22(25)19-12-14-21(15-13-19)26-20-6-4-5-7-20/h8-15,20H,3-7H2,1-2H3,(H,24,25)/b23-16-. The summed E-state index contributed by atoms with van der Waals surface area (Å²) in [6, 6.07) is 15.5. The maximum absolute atomic E-state index is 12.3. The van der Waals surface area contributed by atoms with E-state index < -0.39 is 0 Å². The second-order valence-corrected chi connectivity index (χ2v) is 6.74. The molecule has 4 nitrogen and oxygen atoms in total. The average molecular weight is 350 g/mol. The van der Waals surface area contributed by atoms with Gasteiger partial charge in [0, 0.05) is 5.56 Å². The van der Waals surface area contributed by atoms with Gasteiger partial charge < -0.3 is 4.74 Å². The fourth-order valence-corrected chi connectivity index (χ4v) is 3.13. The largest absolute Gasteiger partial charge is 0.490 e. The Labute approximate surface area is 155 Å². The number of aryl methyl sites for hydroxylation is 1. The minimum absolute atomic E-state index is 0.220. The first-order valence-corrected chi connectivity index (χ1v) is 9.36. The maximum atomic E-state index is 12.3. The van der Waals surface area contributed by atoms with Crippen LogP contribution in [0.4, 0.5) is 0 Å². The van der Waals surface area contributed by atoms with Crippen LogP contribution >= 0.6 is 0 Å². The van der Waals surface area contributed by atoms with E-state index in [2.05, 4.69) is 29.6 Å². The van der Waals surface area contributed by atoms with Crippen molar-refractivity contribution in [3.8, 4) is 5.75 Å². The van der Waals surface area contributed by atoms with Crippen LogP contribution in [0, 0.1) is 0 Å². The summed E-state index contributed by atoms with van der Waals surface area (Å²) in [6.07, 6.45) is 6.05. The van der Waals surface area contributed by atoms with Crippen LogP contribution in [0.15, 0.2) is 53.6 Å². The molecule has 1 aliphatic rings. The van der Waals surface area contributed by atoms with Gasteiger partial charge in [0.15, 0.2) is 0 Å². The molecule has 1 fully saturated rings. The summed E-state index contributed by atoms with van der Waals surface area (Å²) in [5, 5.41) is 4.22. The number of benzene rings is 2. The van der Waals surface area contributed by atoms with Crippen molar-refractivity contribution in [3.05, 3.63) is 65.2 Å². The summed E-state index contributed by atoms with van der Waals surface area (Å²) in [5.41, 5.74) is 6.26. The molecule has 4 heteroatoms. The predicted octanol–water partition coefficient (Wildman–Crippen LogP) is 4.72. The van der Waals surface area contributed by atoms with E-state index in [4.69, 9.17) is 4.74 Å². The molecule has 136 valence electrons. The summed E-state index contributed by atoms with van der Waals surface area (Å²) in [7, 11) is 0. The lowest BCUT2D eigenvalue weighted by atomic mass is 10.1. The number of hydrogen-bond donors (Lipinski definition) is 1. The predicted molar refractivity (Wildman–Crippen MR) is 105 cm³/mol. The molecule has 0 bridgehead atoms. The molecule has 1 amide bonds. The molecule has 0 aromatic heterocycles. The third-order valence-corrected chi connectivity index (χ3v) is 4.83. The fraction of sp³-hybridized carbons (Fsp3) is 0.364. The summed E-state index contributed by atoms with van der Waals surface area (Å²) in [5.74, 6) is 0.603. The van der Waals surface area contributed by atoms with Gasteiger partial charge >= 0.3 is 0 Å². The third kappa shape index (κ3) is 4.72. The molecule has 2 aromatic carbocycles.